The average Bonchev–Trinajstić information content (AvgIpc) is 3.73. The van der Waals surface area contributed by atoms with Crippen LogP contribution < -0.4 is 10.6 Å². The zero-order valence-electron chi connectivity index (χ0n) is 25.7. The number of carbonyl (C=O) groups excluding carboxylic acids is 4. The summed E-state index contributed by atoms with van der Waals surface area (Å²) < 4.78 is 24.6. The van der Waals surface area contributed by atoms with Gasteiger partial charge in [-0.1, -0.05) is 12.1 Å². The third kappa shape index (κ3) is 8.42. The predicted molar refractivity (Wildman–Crippen MR) is 158 cm³/mol. The van der Waals surface area contributed by atoms with E-state index in [0.29, 0.717) is 17.1 Å². The number of rotatable bonds is 4. The van der Waals surface area contributed by atoms with Gasteiger partial charge in [-0.3, -0.25) is 14.9 Å². The highest BCUT2D eigenvalue weighted by Gasteiger charge is 2.41. The number of carbonyl (C=O) groups is 4. The molecule has 43 heavy (non-hydrogen) atoms. The van der Waals surface area contributed by atoms with Gasteiger partial charge in [0.25, 0.3) is 0 Å². The van der Waals surface area contributed by atoms with E-state index < -0.39 is 53.1 Å². The Kier molecular flexibility index (Phi) is 8.98. The van der Waals surface area contributed by atoms with Gasteiger partial charge >= 0.3 is 24.0 Å². The maximum absolute atomic E-state index is 13.7. The minimum absolute atomic E-state index is 0.0534. The maximum atomic E-state index is 13.7. The fraction of sp³-hybridized carbons (Fsp3) is 0.516. The van der Waals surface area contributed by atoms with Crippen molar-refractivity contribution in [3.05, 3.63) is 53.5 Å². The molecule has 2 aliphatic rings. The lowest BCUT2D eigenvalue weighted by Crippen LogP contribution is -2.59. The van der Waals surface area contributed by atoms with E-state index in [9.17, 15) is 23.6 Å². The number of nitrogens with zero attached hydrogens (tertiary/aromatic N) is 3. The first-order valence-electron chi connectivity index (χ1n) is 14.4. The zero-order valence-corrected chi connectivity index (χ0v) is 25.7. The van der Waals surface area contributed by atoms with Crippen molar-refractivity contribution in [3.8, 4) is 0 Å². The number of nitrogens with one attached hydrogen (secondary N) is 2. The van der Waals surface area contributed by atoms with Crippen LogP contribution in [0.1, 0.15) is 84.4 Å². The first-order valence-corrected chi connectivity index (χ1v) is 14.4. The van der Waals surface area contributed by atoms with E-state index in [1.165, 1.54) is 40.3 Å². The first-order chi connectivity index (χ1) is 20.0. The van der Waals surface area contributed by atoms with Crippen LogP contribution in [0, 0.1) is 5.82 Å². The van der Waals surface area contributed by atoms with E-state index in [0.717, 1.165) is 18.4 Å². The van der Waals surface area contributed by atoms with Crippen LogP contribution in [0.5, 0.6) is 0 Å². The summed E-state index contributed by atoms with van der Waals surface area (Å²) in [6.45, 7) is 12.5. The van der Waals surface area contributed by atoms with E-state index >= 15 is 0 Å². The number of hydrogen-bond donors (Lipinski definition) is 2. The molecule has 11 nitrogen and oxygen atoms in total. The normalized spacial score (nSPS) is 19.0. The van der Waals surface area contributed by atoms with Crippen LogP contribution in [-0.2, 0) is 19.1 Å². The fourth-order valence-corrected chi connectivity index (χ4v) is 4.82. The Hall–Kier alpha value is -4.22. The van der Waals surface area contributed by atoms with E-state index in [4.69, 9.17) is 9.47 Å². The number of aromatic nitrogens is 1. The number of pyridine rings is 1. The van der Waals surface area contributed by atoms with Gasteiger partial charge in [0.1, 0.15) is 22.8 Å². The van der Waals surface area contributed by atoms with Crippen LogP contribution in [0.2, 0.25) is 0 Å². The van der Waals surface area contributed by atoms with Gasteiger partial charge in [0.2, 0.25) is 0 Å². The minimum atomic E-state index is -0.888. The van der Waals surface area contributed by atoms with Crippen molar-refractivity contribution in [1.29, 1.82) is 0 Å². The molecule has 1 saturated carbocycles. The highest BCUT2D eigenvalue weighted by atomic mass is 19.1. The predicted octanol–water partition coefficient (Wildman–Crippen LogP) is 5.59. The molecular formula is C31H40FN5O6. The summed E-state index contributed by atoms with van der Waals surface area (Å²) in [7, 11) is 0. The van der Waals surface area contributed by atoms with Gasteiger partial charge in [0.05, 0.1) is 17.9 Å². The zero-order chi connectivity index (χ0) is 31.7. The minimum Gasteiger partial charge on any atom is -0.444 e. The standard InChI is InChI=1S/C31H40FN5O6/c1-18-16-37(24(20-10-12-21(32)13-11-20)17-36(18)29(41)43-31(5,6)7)27(39)26(38)34-22-14-23(19-8-9-19)25(33-15-22)35-28(40)42-30(2,3)4/h10-15,18-19,24H,8-9,16-17H2,1-7H3,(H,34,38)(H,33,35,40). The lowest BCUT2D eigenvalue weighted by atomic mass is 9.99. The van der Waals surface area contributed by atoms with Crippen molar-refractivity contribution >= 4 is 35.5 Å². The molecule has 2 aromatic rings. The van der Waals surface area contributed by atoms with Gasteiger partial charge in [-0.15, -0.1) is 0 Å². The first kappa shape index (κ1) is 31.7. The molecule has 1 aromatic carbocycles. The van der Waals surface area contributed by atoms with Crippen LogP contribution in [0.3, 0.4) is 0 Å². The monoisotopic (exact) mass is 597 g/mol. The third-order valence-corrected chi connectivity index (χ3v) is 6.89. The van der Waals surface area contributed by atoms with Crippen LogP contribution >= 0.6 is 0 Å². The number of halogens is 1. The molecular weight excluding hydrogens is 557 g/mol. The Morgan fingerprint density at radius 1 is 0.907 bits per heavy atom. The third-order valence-electron chi connectivity index (χ3n) is 6.89. The quantitative estimate of drug-likeness (QED) is 0.439. The fourth-order valence-electron chi connectivity index (χ4n) is 4.82. The van der Waals surface area contributed by atoms with E-state index in [1.54, 1.807) is 54.5 Å². The van der Waals surface area contributed by atoms with Crippen molar-refractivity contribution in [2.75, 3.05) is 23.7 Å². The Morgan fingerprint density at radius 3 is 2.12 bits per heavy atom. The molecule has 4 rings (SSSR count). The van der Waals surface area contributed by atoms with Gasteiger partial charge in [-0.25, -0.2) is 19.0 Å². The molecule has 2 fully saturated rings. The topological polar surface area (TPSA) is 130 Å². The second kappa shape index (κ2) is 12.2. The molecule has 2 atom stereocenters. The Morgan fingerprint density at radius 2 is 1.53 bits per heavy atom. The van der Waals surface area contributed by atoms with Crippen molar-refractivity contribution in [2.24, 2.45) is 0 Å². The second-order valence-electron chi connectivity index (χ2n) is 13.0. The molecule has 2 N–H and O–H groups in total. The molecule has 0 spiro atoms. The number of piperazine rings is 1. The van der Waals surface area contributed by atoms with Crippen LogP contribution in [0.4, 0.5) is 25.5 Å². The molecule has 2 heterocycles. The molecule has 0 radical (unpaired) electrons. The molecule has 2 unspecified atom stereocenters. The summed E-state index contributed by atoms with van der Waals surface area (Å²) >= 11 is 0. The summed E-state index contributed by atoms with van der Waals surface area (Å²) in [4.78, 5) is 59.4. The smallest absolute Gasteiger partial charge is 0.413 e. The van der Waals surface area contributed by atoms with Gasteiger partial charge in [0, 0.05) is 24.7 Å². The summed E-state index contributed by atoms with van der Waals surface area (Å²) in [6, 6.07) is 6.13. The summed E-state index contributed by atoms with van der Waals surface area (Å²) in [5.41, 5.74) is 0.201. The van der Waals surface area contributed by atoms with Crippen molar-refractivity contribution in [2.45, 2.75) is 90.5 Å². The SMILES string of the molecule is CC1CN(C(=O)C(=O)Nc2cnc(NC(=O)OC(C)(C)C)c(C3CC3)c2)C(c2ccc(F)cc2)CN1C(=O)OC(C)(C)C. The molecule has 1 aliphatic heterocycles. The Bertz CT molecular complexity index is 1380. The molecule has 4 amide bonds. The molecule has 1 saturated heterocycles. The largest absolute Gasteiger partial charge is 0.444 e. The molecule has 12 heteroatoms. The van der Waals surface area contributed by atoms with Crippen LogP contribution in [-0.4, -0.2) is 69.1 Å². The molecule has 0 bridgehead atoms. The Labute approximate surface area is 251 Å². The van der Waals surface area contributed by atoms with Crippen molar-refractivity contribution in [1.82, 2.24) is 14.8 Å². The lowest BCUT2D eigenvalue weighted by molar-refractivity contribution is -0.147. The molecule has 1 aromatic heterocycles. The molecule has 1 aliphatic carbocycles. The highest BCUT2D eigenvalue weighted by molar-refractivity contribution is 6.39. The van der Waals surface area contributed by atoms with Gasteiger partial charge < -0.3 is 24.6 Å². The summed E-state index contributed by atoms with van der Waals surface area (Å²) in [6.07, 6.45) is 1.99. The number of amides is 4. The van der Waals surface area contributed by atoms with Crippen molar-refractivity contribution < 1.29 is 33.0 Å². The van der Waals surface area contributed by atoms with E-state index in [1.807, 2.05) is 0 Å². The lowest BCUT2D eigenvalue weighted by Gasteiger charge is -2.45. The molecule has 232 valence electrons. The maximum Gasteiger partial charge on any atom is 0.413 e. The van der Waals surface area contributed by atoms with Crippen molar-refractivity contribution in [3.63, 3.8) is 0 Å². The summed E-state index contributed by atoms with van der Waals surface area (Å²) in [5, 5.41) is 5.31. The van der Waals surface area contributed by atoms with Gasteiger partial charge in [-0.2, -0.15) is 0 Å². The average molecular weight is 598 g/mol. The second-order valence-corrected chi connectivity index (χ2v) is 13.0. The van der Waals surface area contributed by atoms with Gasteiger partial charge in [-0.05, 0) is 91.0 Å². The van der Waals surface area contributed by atoms with Gasteiger partial charge in [0.15, 0.2) is 0 Å². The number of anilines is 2. The van der Waals surface area contributed by atoms with Crippen LogP contribution in [0.15, 0.2) is 36.5 Å². The summed E-state index contributed by atoms with van der Waals surface area (Å²) in [5.74, 6) is -1.65. The van der Waals surface area contributed by atoms with E-state index in [2.05, 4.69) is 15.6 Å². The van der Waals surface area contributed by atoms with Crippen LogP contribution in [0.25, 0.3) is 0 Å². The number of ether oxygens (including phenoxy) is 2. The number of hydrogen-bond acceptors (Lipinski definition) is 7. The Balaban J connectivity index is 1.53. The number of benzene rings is 1. The highest BCUT2D eigenvalue weighted by Crippen LogP contribution is 2.43. The van der Waals surface area contributed by atoms with E-state index in [-0.39, 0.29) is 19.0 Å².